The van der Waals surface area contributed by atoms with Gasteiger partial charge in [0.05, 0.1) is 22.4 Å². The van der Waals surface area contributed by atoms with Crippen LogP contribution in [-0.2, 0) is 26.2 Å². The zero-order valence-corrected chi connectivity index (χ0v) is 36.2. The zero-order chi connectivity index (χ0) is 44.3. The van der Waals surface area contributed by atoms with Gasteiger partial charge in [0, 0.05) is 61.8 Å². The van der Waals surface area contributed by atoms with E-state index in [0.717, 1.165) is 107 Å². The van der Waals surface area contributed by atoms with Gasteiger partial charge in [0.1, 0.15) is 17.2 Å². The summed E-state index contributed by atoms with van der Waals surface area (Å²) in [6, 6.07) is 35.5. The molecule has 4 aromatic heterocycles. The van der Waals surface area contributed by atoms with E-state index in [4.69, 9.17) is 36.6 Å². The molecule has 4 heterocycles. The fraction of sp³-hybridized carbons (Fsp3) is 0.314. The van der Waals surface area contributed by atoms with Crippen LogP contribution in [0.2, 0.25) is 0 Å². The van der Waals surface area contributed by atoms with Crippen molar-refractivity contribution in [2.24, 2.45) is 23.3 Å². The van der Waals surface area contributed by atoms with E-state index < -0.39 is 0 Å². The lowest BCUT2D eigenvalue weighted by Crippen LogP contribution is -2.34. The second kappa shape index (κ2) is 18.6. The number of hydrogen-bond donors (Lipinski definition) is 4. The highest BCUT2D eigenvalue weighted by atomic mass is 19.1. The van der Waals surface area contributed by atoms with Crippen molar-refractivity contribution in [3.8, 4) is 28.6 Å². The minimum Gasteiger partial charge on any atom is -0.350 e. The average Bonchev–Trinajstić information content (AvgIpc) is 3.89. The Morgan fingerprint density at radius 1 is 0.631 bits per heavy atom. The number of nitriles is 1. The van der Waals surface area contributed by atoms with E-state index >= 15 is 0 Å². The van der Waals surface area contributed by atoms with Crippen molar-refractivity contribution in [2.45, 2.75) is 89.1 Å². The summed E-state index contributed by atoms with van der Waals surface area (Å²) in [6.45, 7) is 2.42. The lowest BCUT2D eigenvalue weighted by atomic mass is 9.73. The minimum atomic E-state index is -0.269. The predicted octanol–water partition coefficient (Wildman–Crippen LogP) is 8.96. The first-order chi connectivity index (χ1) is 31.8. The summed E-state index contributed by atoms with van der Waals surface area (Å²) in [4.78, 5) is 19.5. The third-order valence-electron chi connectivity index (χ3n) is 13.3. The Hall–Kier alpha value is -7.08. The molecule has 0 bridgehead atoms. The molecule has 65 heavy (non-hydrogen) atoms. The highest BCUT2D eigenvalue weighted by Crippen LogP contribution is 2.41. The van der Waals surface area contributed by atoms with Gasteiger partial charge in [-0.05, 0) is 104 Å². The third-order valence-corrected chi connectivity index (χ3v) is 13.3. The molecule has 3 unspecified atom stereocenters. The molecule has 0 amide bonds. The van der Waals surface area contributed by atoms with Gasteiger partial charge in [0.2, 0.25) is 11.9 Å². The monoisotopic (exact) mass is 865 g/mol. The third kappa shape index (κ3) is 9.29. The van der Waals surface area contributed by atoms with Crippen LogP contribution in [0.1, 0.15) is 73.1 Å². The fourth-order valence-corrected chi connectivity index (χ4v) is 9.64. The maximum Gasteiger partial charge on any atom is 0.224 e. The Kier molecular flexibility index (Phi) is 12.0. The molecular weight excluding hydrogens is 814 g/mol. The zero-order valence-electron chi connectivity index (χ0n) is 36.2. The first-order valence-corrected chi connectivity index (χ1v) is 22.7. The number of benzene rings is 4. The van der Waals surface area contributed by atoms with Crippen LogP contribution in [0.3, 0.4) is 0 Å². The Morgan fingerprint density at radius 2 is 1.18 bits per heavy atom. The number of rotatable bonds is 13. The molecule has 328 valence electrons. The molecule has 2 aliphatic rings. The van der Waals surface area contributed by atoms with Gasteiger partial charge in [-0.1, -0.05) is 78.9 Å². The lowest BCUT2D eigenvalue weighted by Gasteiger charge is -2.35. The smallest absolute Gasteiger partial charge is 0.224 e. The molecule has 0 aliphatic heterocycles. The van der Waals surface area contributed by atoms with E-state index in [1.807, 2.05) is 54.9 Å². The van der Waals surface area contributed by atoms with Gasteiger partial charge in [0.25, 0.3) is 0 Å². The fourth-order valence-electron chi connectivity index (χ4n) is 9.64. The molecule has 0 saturated heterocycles. The summed E-state index contributed by atoms with van der Waals surface area (Å²) in [7, 11) is 0. The number of anilines is 2. The van der Waals surface area contributed by atoms with Gasteiger partial charge < -0.3 is 22.1 Å². The molecular formula is C51H52FN13. The van der Waals surface area contributed by atoms with Crippen LogP contribution < -0.4 is 22.1 Å². The summed E-state index contributed by atoms with van der Waals surface area (Å²) in [5.41, 5.74) is 22.1. The maximum absolute atomic E-state index is 13.6. The van der Waals surface area contributed by atoms with Gasteiger partial charge >= 0.3 is 0 Å². The number of nitrogens with one attached hydrogen (secondary N) is 2. The molecule has 6 N–H and O–H groups in total. The molecule has 4 aromatic carbocycles. The van der Waals surface area contributed by atoms with Crippen molar-refractivity contribution in [2.75, 3.05) is 10.6 Å². The molecule has 10 rings (SSSR count). The van der Waals surface area contributed by atoms with Crippen molar-refractivity contribution in [3.05, 3.63) is 144 Å². The molecule has 3 atom stereocenters. The minimum absolute atomic E-state index is 0.0978. The number of hydrogen-bond acceptors (Lipinski definition) is 11. The SMILES string of the molecule is N#Cc1ccc(CNc2ncc3c(-c4ccc(C5CC(N)CCC5Cn5nc(-c6ccccc6)c6cnc(NCc7ccc(F)cc7)nc65)cc4)nn(CC4CCC(N)CC4)c3n2)cc1. The molecule has 13 nitrogen and oxygen atoms in total. The van der Waals surface area contributed by atoms with E-state index in [1.165, 1.54) is 17.7 Å². The first-order valence-electron chi connectivity index (χ1n) is 22.7. The predicted molar refractivity (Wildman–Crippen MR) is 252 cm³/mol. The van der Waals surface area contributed by atoms with Gasteiger partial charge in [-0.15, -0.1) is 0 Å². The van der Waals surface area contributed by atoms with Crippen LogP contribution >= 0.6 is 0 Å². The van der Waals surface area contributed by atoms with Crippen molar-refractivity contribution in [1.82, 2.24) is 39.5 Å². The number of nitrogens with two attached hydrogens (primary N) is 2. The largest absolute Gasteiger partial charge is 0.350 e. The van der Waals surface area contributed by atoms with Crippen LogP contribution in [0.4, 0.5) is 16.3 Å². The van der Waals surface area contributed by atoms with Gasteiger partial charge in [-0.2, -0.15) is 25.4 Å². The standard InChI is InChI=1S/C51H52FN13/c52-40-19-10-34(11-20-40)27-57-51-58-28-44-46(37-4-2-1-3-5-37)63-65(49(44)61-51)31-39-18-23-42(55)24-43(39)36-14-16-38(17-15-36)47-45-29-59-50(56-26-33-8-6-32(25-53)7-9-33)60-48(45)64(62-47)30-35-12-21-41(54)22-13-35/h1-11,14-17,19-20,28-29,35,39,41-43H,12-13,18,21-24,26-27,30-31,54-55H2,(H,56,59,60)(H,57,58,61). The molecule has 14 heteroatoms. The van der Waals surface area contributed by atoms with Crippen LogP contribution in [0.15, 0.2) is 116 Å². The molecule has 2 fully saturated rings. The van der Waals surface area contributed by atoms with Crippen molar-refractivity contribution < 1.29 is 4.39 Å². The highest BCUT2D eigenvalue weighted by Gasteiger charge is 2.32. The Bertz CT molecular complexity index is 2930. The molecule has 8 aromatic rings. The van der Waals surface area contributed by atoms with Gasteiger partial charge in [0.15, 0.2) is 11.3 Å². The second-order valence-corrected chi connectivity index (χ2v) is 17.8. The van der Waals surface area contributed by atoms with Crippen LogP contribution in [0.25, 0.3) is 44.6 Å². The number of nitrogens with zero attached hydrogens (tertiary/aromatic N) is 9. The summed E-state index contributed by atoms with van der Waals surface area (Å²) in [6.07, 6.45) is 10.7. The van der Waals surface area contributed by atoms with Gasteiger partial charge in [-0.25, -0.2) is 23.7 Å². The van der Waals surface area contributed by atoms with Crippen molar-refractivity contribution in [1.29, 1.82) is 5.26 Å². The molecule has 0 spiro atoms. The maximum atomic E-state index is 13.6. The van der Waals surface area contributed by atoms with E-state index in [2.05, 4.69) is 67.4 Å². The van der Waals surface area contributed by atoms with E-state index in [0.29, 0.717) is 43.0 Å². The Balaban J connectivity index is 0.929. The van der Waals surface area contributed by atoms with Crippen molar-refractivity contribution >= 4 is 34.0 Å². The molecule has 0 radical (unpaired) electrons. The number of aromatic nitrogens is 8. The van der Waals surface area contributed by atoms with Crippen LogP contribution in [0, 0.1) is 29.0 Å². The van der Waals surface area contributed by atoms with E-state index in [9.17, 15) is 9.65 Å². The number of halogens is 1. The molecule has 2 saturated carbocycles. The summed E-state index contributed by atoms with van der Waals surface area (Å²) in [5, 5.41) is 28.2. The van der Waals surface area contributed by atoms with Crippen molar-refractivity contribution in [3.63, 3.8) is 0 Å². The lowest BCUT2D eigenvalue weighted by molar-refractivity contribution is 0.248. The summed E-state index contributed by atoms with van der Waals surface area (Å²) < 4.78 is 17.7. The average molecular weight is 866 g/mol. The Morgan fingerprint density at radius 3 is 1.78 bits per heavy atom. The van der Waals surface area contributed by atoms with E-state index in [-0.39, 0.29) is 29.7 Å². The number of fused-ring (bicyclic) bond motifs is 2. The Labute approximate surface area is 377 Å². The summed E-state index contributed by atoms with van der Waals surface area (Å²) >= 11 is 0. The first kappa shape index (κ1) is 41.9. The quantitative estimate of drug-likeness (QED) is 0.0867. The normalized spacial score (nSPS) is 19.9. The summed E-state index contributed by atoms with van der Waals surface area (Å²) in [5.74, 6) is 1.67. The van der Waals surface area contributed by atoms with Crippen LogP contribution in [-0.4, -0.2) is 51.6 Å². The second-order valence-electron chi connectivity index (χ2n) is 17.8. The topological polar surface area (TPSA) is 187 Å². The highest BCUT2D eigenvalue weighted by molar-refractivity contribution is 5.92. The molecule has 2 aliphatic carbocycles. The van der Waals surface area contributed by atoms with Gasteiger partial charge in [-0.3, -0.25) is 0 Å². The van der Waals surface area contributed by atoms with E-state index in [1.54, 1.807) is 12.1 Å². The van der Waals surface area contributed by atoms with Crippen LogP contribution in [0.5, 0.6) is 0 Å².